The molecule has 1 N–H and O–H groups in total. The summed E-state index contributed by atoms with van der Waals surface area (Å²) in [6.07, 6.45) is -1.89. The van der Waals surface area contributed by atoms with E-state index in [-0.39, 0.29) is 0 Å². The molecular formula is C4H7FO3. The summed E-state index contributed by atoms with van der Waals surface area (Å²) >= 11 is 0. The molecule has 0 saturated heterocycles. The minimum absolute atomic E-state index is 0.813. The molecule has 0 aliphatic carbocycles. The van der Waals surface area contributed by atoms with E-state index in [1.807, 2.05) is 0 Å². The molecule has 0 bridgehead atoms. The van der Waals surface area contributed by atoms with E-state index in [9.17, 15) is 9.18 Å². The van der Waals surface area contributed by atoms with Crippen molar-refractivity contribution in [1.29, 1.82) is 0 Å². The molecule has 0 aromatic rings. The van der Waals surface area contributed by atoms with Crippen LogP contribution in [0.25, 0.3) is 0 Å². The third-order valence-electron chi connectivity index (χ3n) is 0.617. The molecule has 0 amide bonds. The topological polar surface area (TPSA) is 46.5 Å². The lowest BCUT2D eigenvalue weighted by Gasteiger charge is -1.98. The number of ether oxygens (including phenoxy) is 1. The fraction of sp³-hybridized carbons (Fsp3) is 0.750. The molecule has 0 aromatic carbocycles. The Bertz CT molecular complexity index is 83.4. The normalized spacial score (nSPS) is 12.9. The molecule has 0 fully saturated rings. The number of carbonyl (C=O) groups excluding carboxylic acids is 1. The highest BCUT2D eigenvalue weighted by Crippen LogP contribution is 1.89. The first kappa shape index (κ1) is 7.36. The summed E-state index contributed by atoms with van der Waals surface area (Å²) in [4.78, 5) is 9.99. The van der Waals surface area contributed by atoms with Gasteiger partial charge in [0.1, 0.15) is 0 Å². The minimum atomic E-state index is -1.89. The van der Waals surface area contributed by atoms with Crippen molar-refractivity contribution >= 4 is 5.97 Å². The number of halogens is 1. The predicted molar refractivity (Wildman–Crippen MR) is 24.0 cm³/mol. The standard InChI is InChI=1S/C4H7FO3/c1-8-4(7)3(5)2-6/h3,6H,2H2,1H3/t3-/m1/s1. The molecule has 4 heteroatoms. The summed E-state index contributed by atoms with van der Waals surface area (Å²) in [5.41, 5.74) is 0. The zero-order chi connectivity index (χ0) is 6.57. The van der Waals surface area contributed by atoms with Gasteiger partial charge in [-0.1, -0.05) is 0 Å². The first-order chi connectivity index (χ1) is 3.72. The zero-order valence-electron chi connectivity index (χ0n) is 4.43. The molecule has 0 rings (SSSR count). The smallest absolute Gasteiger partial charge is 0.342 e. The second-order valence-corrected chi connectivity index (χ2v) is 1.17. The maximum absolute atomic E-state index is 11.8. The van der Waals surface area contributed by atoms with Crippen molar-refractivity contribution in [3.05, 3.63) is 0 Å². The van der Waals surface area contributed by atoms with Gasteiger partial charge in [0.15, 0.2) is 0 Å². The maximum Gasteiger partial charge on any atom is 0.342 e. The number of aliphatic hydroxyl groups excluding tert-OH is 1. The number of alkyl halides is 1. The van der Waals surface area contributed by atoms with Crippen molar-refractivity contribution in [2.75, 3.05) is 13.7 Å². The quantitative estimate of drug-likeness (QED) is 0.502. The largest absolute Gasteiger partial charge is 0.467 e. The number of hydrogen-bond acceptors (Lipinski definition) is 3. The molecule has 3 nitrogen and oxygen atoms in total. The third-order valence-corrected chi connectivity index (χ3v) is 0.617. The van der Waals surface area contributed by atoms with E-state index < -0.39 is 18.7 Å². The van der Waals surface area contributed by atoms with Crippen LogP contribution in [0.15, 0.2) is 0 Å². The van der Waals surface area contributed by atoms with Gasteiger partial charge in [-0.15, -0.1) is 0 Å². The van der Waals surface area contributed by atoms with Gasteiger partial charge < -0.3 is 9.84 Å². The van der Waals surface area contributed by atoms with Crippen molar-refractivity contribution in [1.82, 2.24) is 0 Å². The van der Waals surface area contributed by atoms with E-state index >= 15 is 0 Å². The Kier molecular flexibility index (Phi) is 3.10. The summed E-state index contributed by atoms with van der Waals surface area (Å²) < 4.78 is 15.7. The maximum atomic E-state index is 11.8. The van der Waals surface area contributed by atoms with Crippen LogP contribution in [0.1, 0.15) is 0 Å². The van der Waals surface area contributed by atoms with Crippen LogP contribution in [-0.2, 0) is 9.53 Å². The van der Waals surface area contributed by atoms with Crippen LogP contribution in [0, 0.1) is 0 Å². The summed E-state index contributed by atoms with van der Waals surface area (Å²) in [5.74, 6) is -1.03. The Hall–Kier alpha value is -0.640. The van der Waals surface area contributed by atoms with Crippen LogP contribution < -0.4 is 0 Å². The number of carbonyl (C=O) groups is 1. The Morgan fingerprint density at radius 2 is 2.50 bits per heavy atom. The molecule has 0 radical (unpaired) electrons. The van der Waals surface area contributed by atoms with Crippen molar-refractivity contribution in [2.24, 2.45) is 0 Å². The average molecular weight is 122 g/mol. The second kappa shape index (κ2) is 3.37. The van der Waals surface area contributed by atoms with Gasteiger partial charge >= 0.3 is 5.97 Å². The van der Waals surface area contributed by atoms with Crippen LogP contribution >= 0.6 is 0 Å². The highest BCUT2D eigenvalue weighted by molar-refractivity contribution is 5.74. The van der Waals surface area contributed by atoms with Gasteiger partial charge in [0.2, 0.25) is 6.17 Å². The number of aliphatic hydroxyl groups is 1. The van der Waals surface area contributed by atoms with Crippen molar-refractivity contribution < 1.29 is 19.0 Å². The van der Waals surface area contributed by atoms with Gasteiger partial charge in [-0.25, -0.2) is 9.18 Å². The van der Waals surface area contributed by atoms with E-state index in [1.165, 1.54) is 0 Å². The molecule has 0 spiro atoms. The Morgan fingerprint density at radius 1 is 2.00 bits per heavy atom. The molecular weight excluding hydrogens is 115 g/mol. The number of methoxy groups -OCH3 is 1. The summed E-state index contributed by atoms with van der Waals surface area (Å²) in [6.45, 7) is -0.813. The zero-order valence-corrected chi connectivity index (χ0v) is 4.43. The van der Waals surface area contributed by atoms with Gasteiger partial charge in [0, 0.05) is 0 Å². The van der Waals surface area contributed by atoms with Gasteiger partial charge in [-0.2, -0.15) is 0 Å². The second-order valence-electron chi connectivity index (χ2n) is 1.17. The predicted octanol–water partition coefficient (Wildman–Crippen LogP) is -0.510. The summed E-state index contributed by atoms with van der Waals surface area (Å²) in [5, 5.41) is 7.96. The Balaban J connectivity index is 3.46. The highest BCUT2D eigenvalue weighted by atomic mass is 19.1. The van der Waals surface area contributed by atoms with E-state index in [2.05, 4.69) is 4.74 Å². The van der Waals surface area contributed by atoms with E-state index in [4.69, 9.17) is 5.11 Å². The number of hydrogen-bond donors (Lipinski definition) is 1. The number of rotatable bonds is 2. The van der Waals surface area contributed by atoms with E-state index in [1.54, 1.807) is 0 Å². The average Bonchev–Trinajstić information content (AvgIpc) is 1.84. The van der Waals surface area contributed by atoms with Crippen LogP contribution in [0.5, 0.6) is 0 Å². The summed E-state index contributed by atoms with van der Waals surface area (Å²) in [6, 6.07) is 0. The first-order valence-corrected chi connectivity index (χ1v) is 2.05. The molecule has 0 saturated carbocycles. The molecule has 0 aliphatic heterocycles. The highest BCUT2D eigenvalue weighted by Gasteiger charge is 2.14. The van der Waals surface area contributed by atoms with E-state index in [0.29, 0.717) is 0 Å². The van der Waals surface area contributed by atoms with Gasteiger partial charge in [0.05, 0.1) is 13.7 Å². The van der Waals surface area contributed by atoms with Crippen LogP contribution in [0.4, 0.5) is 4.39 Å². The van der Waals surface area contributed by atoms with E-state index in [0.717, 1.165) is 7.11 Å². The molecule has 0 heterocycles. The lowest BCUT2D eigenvalue weighted by atomic mass is 10.4. The van der Waals surface area contributed by atoms with Crippen LogP contribution in [-0.4, -0.2) is 31.0 Å². The lowest BCUT2D eigenvalue weighted by Crippen LogP contribution is -2.20. The Labute approximate surface area is 46.1 Å². The summed E-state index contributed by atoms with van der Waals surface area (Å²) in [7, 11) is 1.06. The fourth-order valence-corrected chi connectivity index (χ4v) is 0.202. The first-order valence-electron chi connectivity index (χ1n) is 2.05. The third kappa shape index (κ3) is 1.88. The van der Waals surface area contributed by atoms with Crippen LogP contribution in [0.3, 0.4) is 0 Å². The SMILES string of the molecule is COC(=O)[C@H](F)CO. The molecule has 1 atom stereocenters. The fourth-order valence-electron chi connectivity index (χ4n) is 0.202. The number of esters is 1. The molecule has 0 unspecified atom stereocenters. The minimum Gasteiger partial charge on any atom is -0.467 e. The lowest BCUT2D eigenvalue weighted by molar-refractivity contribution is -0.147. The molecule has 0 aromatic heterocycles. The molecule has 8 heavy (non-hydrogen) atoms. The van der Waals surface area contributed by atoms with Gasteiger partial charge in [-0.05, 0) is 0 Å². The monoisotopic (exact) mass is 122 g/mol. The van der Waals surface area contributed by atoms with Crippen molar-refractivity contribution in [2.45, 2.75) is 6.17 Å². The van der Waals surface area contributed by atoms with Crippen molar-refractivity contribution in [3.63, 3.8) is 0 Å². The molecule has 48 valence electrons. The molecule has 0 aliphatic rings. The van der Waals surface area contributed by atoms with Gasteiger partial charge in [0.25, 0.3) is 0 Å². The van der Waals surface area contributed by atoms with Gasteiger partial charge in [-0.3, -0.25) is 0 Å². The van der Waals surface area contributed by atoms with Crippen LogP contribution in [0.2, 0.25) is 0 Å². The Morgan fingerprint density at radius 3 is 2.62 bits per heavy atom. The van der Waals surface area contributed by atoms with Crippen molar-refractivity contribution in [3.8, 4) is 0 Å².